The molecular weight excluding hydrogens is 562 g/mol. The van der Waals surface area contributed by atoms with Gasteiger partial charge in [0.1, 0.15) is 6.04 Å². The van der Waals surface area contributed by atoms with Gasteiger partial charge in [-0.05, 0) is 38.6 Å². The molecule has 0 radical (unpaired) electrons. The Balaban J connectivity index is 4.20. The number of carbonyl (C=O) groups excluding carboxylic acids is 2. The van der Waals surface area contributed by atoms with Gasteiger partial charge in [0.2, 0.25) is 0 Å². The highest BCUT2D eigenvalue weighted by Crippen LogP contribution is 2.17. The highest BCUT2D eigenvalue weighted by molar-refractivity contribution is 5.75. The van der Waals surface area contributed by atoms with Crippen molar-refractivity contribution in [2.24, 2.45) is 0 Å². The largest absolute Gasteiger partial charge is 0.466 e. The summed E-state index contributed by atoms with van der Waals surface area (Å²) >= 11 is 0. The Morgan fingerprint density at radius 3 is 1.44 bits per heavy atom. The monoisotopic (exact) mass is 640 g/mol. The molecule has 6 nitrogen and oxygen atoms in total. The molecular formula is C39H77NO5. The van der Waals surface area contributed by atoms with Crippen molar-refractivity contribution in [2.75, 3.05) is 32.9 Å². The average molecular weight is 640 g/mol. The molecule has 268 valence electrons. The van der Waals surface area contributed by atoms with E-state index in [-0.39, 0.29) is 24.6 Å². The topological polar surface area (TPSA) is 76.1 Å². The number of aliphatic hydroxyl groups is 1. The second kappa shape index (κ2) is 35.7. The zero-order valence-corrected chi connectivity index (χ0v) is 30.4. The third-order valence-corrected chi connectivity index (χ3v) is 9.01. The Morgan fingerprint density at radius 2 is 0.933 bits per heavy atom. The first kappa shape index (κ1) is 43.9. The van der Waals surface area contributed by atoms with Crippen LogP contribution in [0.25, 0.3) is 0 Å². The quantitative estimate of drug-likeness (QED) is 0.0543. The standard InChI is InChI=1S/C39H77NO5/c1-4-7-10-13-15-16-20-23-28-35-44-38(42)31-26-22-18-17-21-25-30-37(40(33-34-41)32-27-12-9-6-3)39(43)45-36-29-24-19-14-11-8-5-2/h37,41H,4-36H2,1-3H3. The van der Waals surface area contributed by atoms with Gasteiger partial charge in [-0.2, -0.15) is 0 Å². The van der Waals surface area contributed by atoms with Gasteiger partial charge in [-0.3, -0.25) is 14.5 Å². The Bertz CT molecular complexity index is 629. The van der Waals surface area contributed by atoms with Gasteiger partial charge in [-0.15, -0.1) is 0 Å². The normalized spacial score (nSPS) is 12.1. The second-order valence-corrected chi connectivity index (χ2v) is 13.3. The lowest BCUT2D eigenvalue weighted by molar-refractivity contribution is -0.151. The zero-order chi connectivity index (χ0) is 33.1. The first-order valence-electron chi connectivity index (χ1n) is 19.8. The molecule has 6 heteroatoms. The molecule has 0 aromatic rings. The molecule has 1 unspecified atom stereocenters. The smallest absolute Gasteiger partial charge is 0.323 e. The van der Waals surface area contributed by atoms with Crippen molar-refractivity contribution in [1.29, 1.82) is 0 Å². The molecule has 0 spiro atoms. The van der Waals surface area contributed by atoms with E-state index in [0.29, 0.717) is 26.2 Å². The van der Waals surface area contributed by atoms with Crippen molar-refractivity contribution < 1.29 is 24.2 Å². The van der Waals surface area contributed by atoms with Crippen LogP contribution < -0.4 is 0 Å². The Kier molecular flexibility index (Phi) is 34.8. The summed E-state index contributed by atoms with van der Waals surface area (Å²) in [7, 11) is 0. The van der Waals surface area contributed by atoms with E-state index in [2.05, 4.69) is 25.7 Å². The molecule has 0 rings (SSSR count). The highest BCUT2D eigenvalue weighted by atomic mass is 16.5. The third kappa shape index (κ3) is 30.0. The minimum atomic E-state index is -0.260. The maximum Gasteiger partial charge on any atom is 0.323 e. The molecule has 0 heterocycles. The van der Waals surface area contributed by atoms with Crippen molar-refractivity contribution in [3.63, 3.8) is 0 Å². The number of aliphatic hydroxyl groups excluding tert-OH is 1. The minimum Gasteiger partial charge on any atom is -0.466 e. The molecule has 0 aromatic carbocycles. The van der Waals surface area contributed by atoms with Crippen molar-refractivity contribution in [3.8, 4) is 0 Å². The molecule has 1 N–H and O–H groups in total. The van der Waals surface area contributed by atoms with Crippen LogP contribution in [-0.4, -0.2) is 60.9 Å². The molecule has 0 aliphatic rings. The SMILES string of the molecule is CCCCCCCCCCCOC(=O)CCCCCCCCC(C(=O)OCCCCCCCCC)N(CCO)CCCCCC. The van der Waals surface area contributed by atoms with E-state index >= 15 is 0 Å². The maximum absolute atomic E-state index is 13.2. The van der Waals surface area contributed by atoms with E-state index < -0.39 is 0 Å². The molecule has 0 saturated carbocycles. The van der Waals surface area contributed by atoms with Crippen molar-refractivity contribution >= 4 is 11.9 Å². The summed E-state index contributed by atoms with van der Waals surface area (Å²) in [5.41, 5.74) is 0. The summed E-state index contributed by atoms with van der Waals surface area (Å²) in [6.07, 6.45) is 32.0. The summed E-state index contributed by atoms with van der Waals surface area (Å²) in [4.78, 5) is 27.4. The predicted molar refractivity (Wildman–Crippen MR) is 191 cm³/mol. The van der Waals surface area contributed by atoms with Gasteiger partial charge in [-0.1, -0.05) is 162 Å². The molecule has 45 heavy (non-hydrogen) atoms. The number of esters is 2. The number of rotatable bonds is 36. The molecule has 1 atom stereocenters. The Hall–Kier alpha value is -1.14. The van der Waals surface area contributed by atoms with Gasteiger partial charge >= 0.3 is 11.9 Å². The predicted octanol–water partition coefficient (Wildman–Crippen LogP) is 10.7. The fourth-order valence-corrected chi connectivity index (χ4v) is 6.06. The summed E-state index contributed by atoms with van der Waals surface area (Å²) in [5, 5.41) is 9.73. The fourth-order valence-electron chi connectivity index (χ4n) is 6.06. The van der Waals surface area contributed by atoms with Crippen LogP contribution in [0.3, 0.4) is 0 Å². The number of hydrogen-bond donors (Lipinski definition) is 1. The molecule has 0 amide bonds. The summed E-state index contributed by atoms with van der Waals surface area (Å²) in [6, 6.07) is -0.260. The van der Waals surface area contributed by atoms with E-state index in [1.165, 1.54) is 89.9 Å². The van der Waals surface area contributed by atoms with Gasteiger partial charge in [0.25, 0.3) is 0 Å². The van der Waals surface area contributed by atoms with E-state index in [1.807, 2.05) is 0 Å². The van der Waals surface area contributed by atoms with E-state index in [0.717, 1.165) is 90.0 Å². The number of hydrogen-bond acceptors (Lipinski definition) is 6. The molecule has 0 aromatic heterocycles. The maximum atomic E-state index is 13.2. The fraction of sp³-hybridized carbons (Fsp3) is 0.949. The number of ether oxygens (including phenoxy) is 2. The number of unbranched alkanes of at least 4 members (excludes halogenated alkanes) is 22. The lowest BCUT2D eigenvalue weighted by atomic mass is 10.0. The van der Waals surface area contributed by atoms with Gasteiger partial charge in [0, 0.05) is 13.0 Å². The lowest BCUT2D eigenvalue weighted by Crippen LogP contribution is -2.44. The first-order valence-corrected chi connectivity index (χ1v) is 19.8. The molecule has 0 aliphatic carbocycles. The van der Waals surface area contributed by atoms with Crippen molar-refractivity contribution in [2.45, 2.75) is 207 Å². The lowest BCUT2D eigenvalue weighted by Gasteiger charge is -2.30. The Morgan fingerprint density at radius 1 is 0.511 bits per heavy atom. The average Bonchev–Trinajstić information content (AvgIpc) is 3.04. The van der Waals surface area contributed by atoms with Crippen LogP contribution in [0.15, 0.2) is 0 Å². The molecule has 0 fully saturated rings. The van der Waals surface area contributed by atoms with Crippen LogP contribution in [0.5, 0.6) is 0 Å². The van der Waals surface area contributed by atoms with Gasteiger partial charge in [-0.25, -0.2) is 0 Å². The second-order valence-electron chi connectivity index (χ2n) is 13.3. The van der Waals surface area contributed by atoms with Gasteiger partial charge in [0.15, 0.2) is 0 Å². The third-order valence-electron chi connectivity index (χ3n) is 9.01. The van der Waals surface area contributed by atoms with Crippen molar-refractivity contribution in [1.82, 2.24) is 4.90 Å². The van der Waals surface area contributed by atoms with Crippen LogP contribution in [-0.2, 0) is 19.1 Å². The number of carbonyl (C=O) groups is 2. The van der Waals surface area contributed by atoms with Crippen LogP contribution in [0, 0.1) is 0 Å². The van der Waals surface area contributed by atoms with Gasteiger partial charge in [0.05, 0.1) is 19.8 Å². The van der Waals surface area contributed by atoms with Crippen LogP contribution in [0.2, 0.25) is 0 Å². The van der Waals surface area contributed by atoms with E-state index in [4.69, 9.17) is 9.47 Å². The number of nitrogens with zero attached hydrogens (tertiary/aromatic N) is 1. The molecule has 0 aliphatic heterocycles. The zero-order valence-electron chi connectivity index (χ0n) is 30.4. The molecule has 0 saturated heterocycles. The van der Waals surface area contributed by atoms with E-state index in [1.54, 1.807) is 0 Å². The van der Waals surface area contributed by atoms with Crippen molar-refractivity contribution in [3.05, 3.63) is 0 Å². The Labute approximate surface area is 280 Å². The highest BCUT2D eigenvalue weighted by Gasteiger charge is 2.26. The van der Waals surface area contributed by atoms with E-state index in [9.17, 15) is 14.7 Å². The summed E-state index contributed by atoms with van der Waals surface area (Å²) in [6.45, 7) is 9.21. The minimum absolute atomic E-state index is 0.0460. The molecule has 0 bridgehead atoms. The summed E-state index contributed by atoms with van der Waals surface area (Å²) in [5.74, 6) is -0.152. The van der Waals surface area contributed by atoms with Crippen LogP contribution in [0.1, 0.15) is 201 Å². The summed E-state index contributed by atoms with van der Waals surface area (Å²) < 4.78 is 11.2. The van der Waals surface area contributed by atoms with Crippen LogP contribution in [0.4, 0.5) is 0 Å². The first-order chi connectivity index (χ1) is 22.1. The van der Waals surface area contributed by atoms with Gasteiger partial charge < -0.3 is 14.6 Å². The van der Waals surface area contributed by atoms with Crippen LogP contribution >= 0.6 is 0 Å².